The third kappa shape index (κ3) is 2.39. The average Bonchev–Trinajstić information content (AvgIpc) is 2.37. The number of fused-ring (bicyclic) bond motifs is 1. The molecule has 1 aliphatic heterocycles. The van der Waals surface area contributed by atoms with Crippen LogP contribution in [0.3, 0.4) is 0 Å². The first-order chi connectivity index (χ1) is 7.65. The van der Waals surface area contributed by atoms with E-state index >= 15 is 0 Å². The first-order valence-corrected chi connectivity index (χ1v) is 5.35. The average molecular weight is 218 g/mol. The zero-order chi connectivity index (χ0) is 11.5. The molecular formula is C12H14N2O2. The number of amides is 2. The first kappa shape index (κ1) is 10.7. The molecule has 1 aromatic carbocycles. The van der Waals surface area contributed by atoms with E-state index in [1.165, 1.54) is 6.92 Å². The molecule has 0 bridgehead atoms. The number of rotatable bonds is 1. The van der Waals surface area contributed by atoms with E-state index < -0.39 is 0 Å². The molecule has 84 valence electrons. The van der Waals surface area contributed by atoms with E-state index in [4.69, 9.17) is 0 Å². The number of benzene rings is 1. The van der Waals surface area contributed by atoms with Gasteiger partial charge in [-0.25, -0.2) is 0 Å². The van der Waals surface area contributed by atoms with Crippen LogP contribution in [0.2, 0.25) is 0 Å². The predicted molar refractivity (Wildman–Crippen MR) is 62.3 cm³/mol. The van der Waals surface area contributed by atoms with E-state index in [1.54, 1.807) is 6.07 Å². The summed E-state index contributed by atoms with van der Waals surface area (Å²) in [7, 11) is 0. The highest BCUT2D eigenvalue weighted by molar-refractivity contribution is 5.94. The number of anilines is 2. The van der Waals surface area contributed by atoms with Crippen molar-refractivity contribution >= 4 is 23.2 Å². The lowest BCUT2D eigenvalue weighted by atomic mass is 10.1. The number of carbonyl (C=O) groups is 2. The summed E-state index contributed by atoms with van der Waals surface area (Å²) in [6, 6.07) is 5.61. The SMILES string of the molecule is CC(=O)Nc1ccc2c(c1)NC(=O)CCC2. The van der Waals surface area contributed by atoms with Gasteiger partial charge in [-0.3, -0.25) is 9.59 Å². The second-order valence-electron chi connectivity index (χ2n) is 3.95. The molecule has 4 nitrogen and oxygen atoms in total. The Hall–Kier alpha value is -1.84. The fraction of sp³-hybridized carbons (Fsp3) is 0.333. The zero-order valence-electron chi connectivity index (χ0n) is 9.17. The van der Waals surface area contributed by atoms with E-state index in [-0.39, 0.29) is 11.8 Å². The van der Waals surface area contributed by atoms with Crippen molar-refractivity contribution < 1.29 is 9.59 Å². The van der Waals surface area contributed by atoms with Gasteiger partial charge >= 0.3 is 0 Å². The van der Waals surface area contributed by atoms with E-state index in [1.807, 2.05) is 12.1 Å². The maximum absolute atomic E-state index is 11.4. The largest absolute Gasteiger partial charge is 0.326 e. The minimum Gasteiger partial charge on any atom is -0.326 e. The number of hydrogen-bond acceptors (Lipinski definition) is 2. The van der Waals surface area contributed by atoms with E-state index in [0.717, 1.165) is 24.1 Å². The second-order valence-corrected chi connectivity index (χ2v) is 3.95. The molecular weight excluding hydrogens is 204 g/mol. The summed E-state index contributed by atoms with van der Waals surface area (Å²) in [6.07, 6.45) is 2.33. The van der Waals surface area contributed by atoms with Gasteiger partial charge < -0.3 is 10.6 Å². The van der Waals surface area contributed by atoms with Crippen molar-refractivity contribution in [2.75, 3.05) is 10.6 Å². The Balaban J connectivity index is 2.29. The molecule has 2 N–H and O–H groups in total. The Labute approximate surface area is 94.0 Å². The Morgan fingerprint density at radius 2 is 2.19 bits per heavy atom. The van der Waals surface area contributed by atoms with Gasteiger partial charge in [-0.15, -0.1) is 0 Å². The lowest BCUT2D eigenvalue weighted by Gasteiger charge is -2.09. The highest BCUT2D eigenvalue weighted by atomic mass is 16.2. The van der Waals surface area contributed by atoms with Crippen molar-refractivity contribution in [2.45, 2.75) is 26.2 Å². The van der Waals surface area contributed by atoms with Crippen LogP contribution in [-0.4, -0.2) is 11.8 Å². The van der Waals surface area contributed by atoms with E-state index in [0.29, 0.717) is 12.1 Å². The molecule has 1 aromatic rings. The predicted octanol–water partition coefficient (Wildman–Crippen LogP) is 1.92. The Kier molecular flexibility index (Phi) is 2.90. The summed E-state index contributed by atoms with van der Waals surface area (Å²) >= 11 is 0. The Bertz CT molecular complexity index is 441. The van der Waals surface area contributed by atoms with Crippen LogP contribution in [0, 0.1) is 0 Å². The molecule has 0 radical (unpaired) electrons. The van der Waals surface area contributed by atoms with Gasteiger partial charge in [-0.05, 0) is 30.5 Å². The number of aryl methyl sites for hydroxylation is 1. The molecule has 1 aliphatic rings. The first-order valence-electron chi connectivity index (χ1n) is 5.35. The lowest BCUT2D eigenvalue weighted by molar-refractivity contribution is -0.116. The van der Waals surface area contributed by atoms with Gasteiger partial charge in [-0.2, -0.15) is 0 Å². The van der Waals surface area contributed by atoms with Crippen molar-refractivity contribution in [2.24, 2.45) is 0 Å². The topological polar surface area (TPSA) is 58.2 Å². The smallest absolute Gasteiger partial charge is 0.224 e. The van der Waals surface area contributed by atoms with Crippen LogP contribution in [-0.2, 0) is 16.0 Å². The van der Waals surface area contributed by atoms with Crippen LogP contribution in [0.15, 0.2) is 18.2 Å². The number of nitrogens with one attached hydrogen (secondary N) is 2. The van der Waals surface area contributed by atoms with Crippen molar-refractivity contribution in [3.05, 3.63) is 23.8 Å². The molecule has 1 heterocycles. The monoisotopic (exact) mass is 218 g/mol. The summed E-state index contributed by atoms with van der Waals surface area (Å²) in [5.41, 5.74) is 2.65. The van der Waals surface area contributed by atoms with Crippen LogP contribution in [0.1, 0.15) is 25.3 Å². The minimum atomic E-state index is -0.111. The summed E-state index contributed by atoms with van der Waals surface area (Å²) in [5, 5.41) is 5.55. The van der Waals surface area contributed by atoms with Crippen LogP contribution in [0.25, 0.3) is 0 Å². The standard InChI is InChI=1S/C12H14N2O2/c1-8(15)13-10-6-5-9-3-2-4-12(16)14-11(9)7-10/h5-7H,2-4H2,1H3,(H,13,15)(H,14,16). The van der Waals surface area contributed by atoms with Gasteiger partial charge in [0, 0.05) is 24.7 Å². The molecule has 2 rings (SSSR count). The highest BCUT2D eigenvalue weighted by Gasteiger charge is 2.12. The van der Waals surface area contributed by atoms with Crippen LogP contribution >= 0.6 is 0 Å². The van der Waals surface area contributed by atoms with Crippen molar-refractivity contribution in [1.29, 1.82) is 0 Å². The van der Waals surface area contributed by atoms with E-state index in [9.17, 15) is 9.59 Å². The maximum atomic E-state index is 11.4. The quantitative estimate of drug-likeness (QED) is 0.756. The summed E-state index contributed by atoms with van der Waals surface area (Å²) in [5.74, 6) is -0.0707. The van der Waals surface area contributed by atoms with Gasteiger partial charge in [0.05, 0.1) is 0 Å². The molecule has 0 atom stereocenters. The highest BCUT2D eigenvalue weighted by Crippen LogP contribution is 2.25. The summed E-state index contributed by atoms with van der Waals surface area (Å²) in [4.78, 5) is 22.3. The van der Waals surface area contributed by atoms with Gasteiger partial charge in [0.15, 0.2) is 0 Å². The van der Waals surface area contributed by atoms with Crippen LogP contribution in [0.5, 0.6) is 0 Å². The summed E-state index contributed by atoms with van der Waals surface area (Å²) < 4.78 is 0. The third-order valence-corrected chi connectivity index (χ3v) is 2.55. The molecule has 0 saturated carbocycles. The van der Waals surface area contributed by atoms with Gasteiger partial charge in [0.1, 0.15) is 0 Å². The Morgan fingerprint density at radius 3 is 2.94 bits per heavy atom. The van der Waals surface area contributed by atoms with Gasteiger partial charge in [0.25, 0.3) is 0 Å². The fourth-order valence-electron chi connectivity index (χ4n) is 1.84. The molecule has 0 saturated heterocycles. The fourth-order valence-corrected chi connectivity index (χ4v) is 1.84. The molecule has 4 heteroatoms. The van der Waals surface area contributed by atoms with Crippen molar-refractivity contribution in [3.8, 4) is 0 Å². The molecule has 0 aromatic heterocycles. The summed E-state index contributed by atoms with van der Waals surface area (Å²) in [6.45, 7) is 1.46. The van der Waals surface area contributed by atoms with Crippen molar-refractivity contribution in [3.63, 3.8) is 0 Å². The molecule has 0 spiro atoms. The van der Waals surface area contributed by atoms with E-state index in [2.05, 4.69) is 10.6 Å². The Morgan fingerprint density at radius 1 is 1.38 bits per heavy atom. The van der Waals surface area contributed by atoms with Gasteiger partial charge in [0.2, 0.25) is 11.8 Å². The van der Waals surface area contributed by atoms with Gasteiger partial charge in [-0.1, -0.05) is 6.07 Å². The second kappa shape index (κ2) is 4.35. The number of hydrogen-bond donors (Lipinski definition) is 2. The normalized spacial score (nSPS) is 14.7. The minimum absolute atomic E-state index is 0.0405. The molecule has 0 aliphatic carbocycles. The van der Waals surface area contributed by atoms with Crippen LogP contribution in [0.4, 0.5) is 11.4 Å². The molecule has 0 unspecified atom stereocenters. The zero-order valence-corrected chi connectivity index (χ0v) is 9.17. The molecule has 2 amide bonds. The number of carbonyl (C=O) groups excluding carboxylic acids is 2. The maximum Gasteiger partial charge on any atom is 0.224 e. The third-order valence-electron chi connectivity index (χ3n) is 2.55. The molecule has 0 fully saturated rings. The lowest BCUT2D eigenvalue weighted by Crippen LogP contribution is -2.10. The van der Waals surface area contributed by atoms with Crippen LogP contribution < -0.4 is 10.6 Å². The molecule has 16 heavy (non-hydrogen) atoms. The van der Waals surface area contributed by atoms with Crippen molar-refractivity contribution in [1.82, 2.24) is 0 Å².